The van der Waals surface area contributed by atoms with Crippen molar-refractivity contribution in [3.8, 4) is 11.8 Å². The van der Waals surface area contributed by atoms with E-state index in [0.717, 1.165) is 21.8 Å². The molecule has 0 aliphatic heterocycles. The third-order valence-electron chi connectivity index (χ3n) is 2.40. The maximum atomic E-state index is 3.39. The van der Waals surface area contributed by atoms with Crippen LogP contribution in [0.1, 0.15) is 18.4 Å². The van der Waals surface area contributed by atoms with Crippen molar-refractivity contribution in [1.82, 2.24) is 0 Å². The fraction of sp³-hybridized carbons (Fsp3) is 0.231. The van der Waals surface area contributed by atoms with Gasteiger partial charge in [-0.3, -0.25) is 0 Å². The van der Waals surface area contributed by atoms with E-state index >= 15 is 0 Å². The maximum Gasteiger partial charge on any atom is 0.0579 e. The smallest absolute Gasteiger partial charge is 0.0579 e. The summed E-state index contributed by atoms with van der Waals surface area (Å²) in [5.41, 5.74) is 1.20. The van der Waals surface area contributed by atoms with Crippen LogP contribution in [0.3, 0.4) is 0 Å². The summed E-state index contributed by atoms with van der Waals surface area (Å²) in [4.78, 5) is 0. The molecule has 0 amide bonds. The summed E-state index contributed by atoms with van der Waals surface area (Å²) in [7, 11) is 0. The third kappa shape index (κ3) is 3.22. The molecule has 0 aromatic heterocycles. The summed E-state index contributed by atoms with van der Waals surface area (Å²) < 4.78 is 0.995. The second-order valence-electron chi connectivity index (χ2n) is 3.71. The highest BCUT2D eigenvalue weighted by atomic mass is 79.9. The summed E-state index contributed by atoms with van der Waals surface area (Å²) in [5, 5.41) is 0. The minimum atomic E-state index is 0.109. The molecule has 1 aliphatic rings. The molecule has 1 fully saturated rings. The minimum Gasteiger partial charge on any atom is -0.0868 e. The van der Waals surface area contributed by atoms with Crippen LogP contribution in [0.2, 0.25) is 0 Å². The lowest BCUT2D eigenvalue weighted by molar-refractivity contribution is 0.900. The summed E-state index contributed by atoms with van der Waals surface area (Å²) in [6.07, 6.45) is 4.46. The van der Waals surface area contributed by atoms with Crippen LogP contribution in [-0.2, 0) is 0 Å². The average Bonchev–Trinajstić information content (AvgIpc) is 2.96. The molecule has 1 aromatic rings. The molecule has 0 bridgehead atoms. The number of hydrogen-bond donors (Lipinski definition) is 0. The fourth-order valence-electron chi connectivity index (χ4n) is 1.37. The fourth-order valence-corrected chi connectivity index (χ4v) is 2.24. The summed E-state index contributed by atoms with van der Waals surface area (Å²) in [6, 6.07) is 10.1. The van der Waals surface area contributed by atoms with E-state index in [1.165, 1.54) is 0 Å². The molecule has 0 nitrogen and oxygen atoms in total. The molecule has 0 heterocycles. The first kappa shape index (κ1) is 11.0. The molecule has 15 heavy (non-hydrogen) atoms. The molecule has 0 spiro atoms. The van der Waals surface area contributed by atoms with Gasteiger partial charge in [-0.05, 0) is 62.9 Å². The van der Waals surface area contributed by atoms with Crippen molar-refractivity contribution in [3.63, 3.8) is 0 Å². The number of benzene rings is 1. The molecule has 0 unspecified atom stereocenters. The molecule has 0 saturated heterocycles. The molecule has 76 valence electrons. The first-order valence-electron chi connectivity index (χ1n) is 4.82. The second-order valence-corrected chi connectivity index (χ2v) is 6.48. The van der Waals surface area contributed by atoms with Crippen molar-refractivity contribution in [2.75, 3.05) is 0 Å². The van der Waals surface area contributed by atoms with Crippen LogP contribution in [0.4, 0.5) is 0 Å². The molecular weight excluding hydrogens is 316 g/mol. The molecule has 0 atom stereocenters. The van der Waals surface area contributed by atoms with Gasteiger partial charge in [-0.2, -0.15) is 0 Å². The van der Waals surface area contributed by atoms with Gasteiger partial charge in [-0.15, -0.1) is 0 Å². The van der Waals surface area contributed by atoms with Crippen molar-refractivity contribution < 1.29 is 0 Å². The van der Waals surface area contributed by atoms with Crippen LogP contribution in [0.5, 0.6) is 0 Å². The van der Waals surface area contributed by atoms with E-state index in [2.05, 4.69) is 49.8 Å². The SMILES string of the molecule is BrC(Br)=CC1(C#Cc2ccccc2)CC1. The Kier molecular flexibility index (Phi) is 3.33. The highest BCUT2D eigenvalue weighted by molar-refractivity contribution is 9.28. The Balaban J connectivity index is 2.16. The number of hydrogen-bond acceptors (Lipinski definition) is 0. The van der Waals surface area contributed by atoms with Crippen LogP contribution >= 0.6 is 31.9 Å². The minimum absolute atomic E-state index is 0.109. The van der Waals surface area contributed by atoms with Crippen LogP contribution in [-0.4, -0.2) is 0 Å². The van der Waals surface area contributed by atoms with Crippen molar-refractivity contribution >= 4 is 31.9 Å². The summed E-state index contributed by atoms with van der Waals surface area (Å²) in [5.74, 6) is 6.55. The molecule has 2 rings (SSSR count). The van der Waals surface area contributed by atoms with Gasteiger partial charge in [-0.25, -0.2) is 0 Å². The molecule has 0 N–H and O–H groups in total. The largest absolute Gasteiger partial charge is 0.0868 e. The topological polar surface area (TPSA) is 0 Å². The van der Waals surface area contributed by atoms with Gasteiger partial charge in [0, 0.05) is 5.56 Å². The zero-order valence-corrected chi connectivity index (χ0v) is 11.3. The highest BCUT2D eigenvalue weighted by Gasteiger charge is 2.38. The molecule has 1 aliphatic carbocycles. The zero-order valence-electron chi connectivity index (χ0n) is 8.13. The first-order chi connectivity index (χ1) is 7.20. The predicted molar refractivity (Wildman–Crippen MR) is 70.9 cm³/mol. The van der Waals surface area contributed by atoms with E-state index in [1.807, 2.05) is 30.3 Å². The summed E-state index contributed by atoms with van der Waals surface area (Å²) in [6.45, 7) is 0. The first-order valence-corrected chi connectivity index (χ1v) is 6.41. The quantitative estimate of drug-likeness (QED) is 0.669. The standard InChI is InChI=1S/C13H10Br2/c14-12(15)10-13(8-9-13)7-6-11-4-2-1-3-5-11/h1-5,10H,8-9H2. The number of halogens is 2. The van der Waals surface area contributed by atoms with Crippen LogP contribution in [0, 0.1) is 17.3 Å². The summed E-state index contributed by atoms with van der Waals surface area (Å²) >= 11 is 6.77. The molecular formula is C13H10Br2. The third-order valence-corrected chi connectivity index (χ3v) is 2.86. The van der Waals surface area contributed by atoms with Gasteiger partial charge in [0.15, 0.2) is 0 Å². The Morgan fingerprint density at radius 3 is 2.40 bits per heavy atom. The molecule has 0 radical (unpaired) electrons. The van der Waals surface area contributed by atoms with Gasteiger partial charge in [0.25, 0.3) is 0 Å². The van der Waals surface area contributed by atoms with Crippen LogP contribution < -0.4 is 0 Å². The average molecular weight is 326 g/mol. The maximum absolute atomic E-state index is 3.39. The molecule has 1 saturated carbocycles. The van der Waals surface area contributed by atoms with E-state index in [4.69, 9.17) is 0 Å². The zero-order chi connectivity index (χ0) is 10.7. The van der Waals surface area contributed by atoms with Crippen molar-refractivity contribution in [1.29, 1.82) is 0 Å². The van der Waals surface area contributed by atoms with Crippen LogP contribution in [0.15, 0.2) is 39.8 Å². The Labute approximate surface area is 107 Å². The monoisotopic (exact) mass is 324 g/mol. The van der Waals surface area contributed by atoms with E-state index in [1.54, 1.807) is 0 Å². The lowest BCUT2D eigenvalue weighted by atomic mass is 10.1. The number of rotatable bonds is 1. The van der Waals surface area contributed by atoms with Crippen molar-refractivity contribution in [3.05, 3.63) is 45.4 Å². The van der Waals surface area contributed by atoms with E-state index in [9.17, 15) is 0 Å². The van der Waals surface area contributed by atoms with Gasteiger partial charge < -0.3 is 0 Å². The van der Waals surface area contributed by atoms with Gasteiger partial charge in [0.2, 0.25) is 0 Å². The lowest BCUT2D eigenvalue weighted by Gasteiger charge is -1.98. The van der Waals surface area contributed by atoms with Gasteiger partial charge in [0.05, 0.1) is 8.81 Å². The van der Waals surface area contributed by atoms with E-state index in [0.29, 0.717) is 0 Å². The Bertz CT molecular complexity index is 427. The lowest BCUT2D eigenvalue weighted by Crippen LogP contribution is -1.89. The Morgan fingerprint density at radius 2 is 1.87 bits per heavy atom. The highest BCUT2D eigenvalue weighted by Crippen LogP contribution is 2.48. The molecule has 1 aromatic carbocycles. The van der Waals surface area contributed by atoms with E-state index in [-0.39, 0.29) is 5.41 Å². The van der Waals surface area contributed by atoms with Gasteiger partial charge >= 0.3 is 0 Å². The second kappa shape index (κ2) is 4.55. The van der Waals surface area contributed by atoms with Crippen LogP contribution in [0.25, 0.3) is 0 Å². The molecule has 2 heteroatoms. The van der Waals surface area contributed by atoms with Crippen molar-refractivity contribution in [2.24, 2.45) is 5.41 Å². The Hall–Kier alpha value is -0.520. The number of allylic oxidation sites excluding steroid dienone is 1. The van der Waals surface area contributed by atoms with Gasteiger partial charge in [0.1, 0.15) is 0 Å². The predicted octanol–water partition coefficient (Wildman–Crippen LogP) is 4.45. The van der Waals surface area contributed by atoms with Gasteiger partial charge in [-0.1, -0.05) is 30.0 Å². The normalized spacial score (nSPS) is 16.1. The Morgan fingerprint density at radius 1 is 1.20 bits per heavy atom. The van der Waals surface area contributed by atoms with Crippen molar-refractivity contribution in [2.45, 2.75) is 12.8 Å². The van der Waals surface area contributed by atoms with E-state index < -0.39 is 0 Å².